The van der Waals surface area contributed by atoms with Crippen LogP contribution in [0.5, 0.6) is 0 Å². The van der Waals surface area contributed by atoms with E-state index >= 15 is 0 Å². The van der Waals surface area contributed by atoms with Crippen molar-refractivity contribution >= 4 is 56.5 Å². The maximum atomic E-state index is 13.8. The van der Waals surface area contributed by atoms with Crippen LogP contribution in [0.1, 0.15) is 35.7 Å². The molecule has 4 aromatic rings. The molecule has 4 rings (SSSR count). The Morgan fingerprint density at radius 2 is 1.73 bits per heavy atom. The number of carbonyl (C=O) groups is 2. The molecule has 2 N–H and O–H groups in total. The molecule has 2 amide bonds. The monoisotopic (exact) mass is 479 g/mol. The zero-order valence-corrected chi connectivity index (χ0v) is 19.7. The van der Waals surface area contributed by atoms with Crippen LogP contribution in [-0.4, -0.2) is 22.6 Å². The second-order valence-electron chi connectivity index (χ2n) is 7.71. The summed E-state index contributed by atoms with van der Waals surface area (Å²) in [4.78, 5) is 29.2. The number of hydrogen-bond acceptors (Lipinski definition) is 5. The molecule has 1 aromatic heterocycles. The van der Waals surface area contributed by atoms with E-state index in [1.54, 1.807) is 24.3 Å². The fourth-order valence-electron chi connectivity index (χ4n) is 3.16. The molecule has 0 aliphatic carbocycles. The first-order chi connectivity index (χ1) is 15.9. The molecule has 0 bridgehead atoms. The van der Waals surface area contributed by atoms with Gasteiger partial charge in [-0.05, 0) is 53.9 Å². The van der Waals surface area contributed by atoms with Gasteiger partial charge in [0.15, 0.2) is 4.34 Å². The van der Waals surface area contributed by atoms with Crippen molar-refractivity contribution in [2.75, 3.05) is 16.4 Å². The third kappa shape index (κ3) is 5.77. The second kappa shape index (κ2) is 10.1. The number of aromatic nitrogens is 1. The van der Waals surface area contributed by atoms with Crippen LogP contribution in [0.25, 0.3) is 10.2 Å². The lowest BCUT2D eigenvalue weighted by Crippen LogP contribution is -2.13. The molecule has 0 saturated carbocycles. The molecule has 0 fully saturated rings. The number of fused-ring (bicyclic) bond motifs is 1. The minimum absolute atomic E-state index is 0.0111. The van der Waals surface area contributed by atoms with Crippen molar-refractivity contribution in [2.24, 2.45) is 0 Å². The number of rotatable bonds is 7. The Kier molecular flexibility index (Phi) is 7.05. The predicted molar refractivity (Wildman–Crippen MR) is 134 cm³/mol. The molecule has 33 heavy (non-hydrogen) atoms. The van der Waals surface area contributed by atoms with E-state index < -0.39 is 11.7 Å². The van der Waals surface area contributed by atoms with Crippen molar-refractivity contribution in [3.8, 4) is 0 Å². The summed E-state index contributed by atoms with van der Waals surface area (Å²) >= 11 is 2.80. The summed E-state index contributed by atoms with van der Waals surface area (Å²) in [5.41, 5.74) is 3.31. The number of anilines is 2. The Bertz CT molecular complexity index is 1300. The standard InChI is InChI=1S/C25H22FN3O2S2/c1-15(2)16-7-9-17(10-8-16)27-23(30)14-32-25-29-21-12-11-18(13-22(21)33-25)28-24(31)19-5-3-4-6-20(19)26/h3-13,15H,14H2,1-2H3,(H,27,30)(H,28,31). The lowest BCUT2D eigenvalue weighted by Gasteiger charge is -2.08. The minimum atomic E-state index is -0.568. The average Bonchev–Trinajstić information content (AvgIpc) is 3.20. The minimum Gasteiger partial charge on any atom is -0.325 e. The van der Waals surface area contributed by atoms with Crippen molar-refractivity contribution in [3.63, 3.8) is 0 Å². The molecule has 168 valence electrons. The highest BCUT2D eigenvalue weighted by Gasteiger charge is 2.13. The molecule has 5 nitrogen and oxygen atoms in total. The Morgan fingerprint density at radius 3 is 2.45 bits per heavy atom. The molecular formula is C25H22FN3O2S2. The number of nitrogens with zero attached hydrogens (tertiary/aromatic N) is 1. The smallest absolute Gasteiger partial charge is 0.258 e. The molecule has 0 aliphatic rings. The summed E-state index contributed by atoms with van der Waals surface area (Å²) in [6.07, 6.45) is 0. The summed E-state index contributed by atoms with van der Waals surface area (Å²) in [5.74, 6) is -0.499. The van der Waals surface area contributed by atoms with Gasteiger partial charge in [0.25, 0.3) is 5.91 Å². The van der Waals surface area contributed by atoms with Crippen LogP contribution in [0, 0.1) is 5.82 Å². The van der Waals surface area contributed by atoms with E-state index in [-0.39, 0.29) is 17.2 Å². The van der Waals surface area contributed by atoms with Crippen LogP contribution in [-0.2, 0) is 4.79 Å². The summed E-state index contributed by atoms with van der Waals surface area (Å²) in [6.45, 7) is 4.25. The first kappa shape index (κ1) is 22.9. The van der Waals surface area contributed by atoms with Gasteiger partial charge in [-0.2, -0.15) is 0 Å². The normalized spacial score (nSPS) is 11.0. The third-order valence-corrected chi connectivity index (χ3v) is 7.09. The Morgan fingerprint density at radius 1 is 1.00 bits per heavy atom. The van der Waals surface area contributed by atoms with E-state index in [0.717, 1.165) is 20.2 Å². The molecule has 0 atom stereocenters. The Labute approximate surface area is 199 Å². The van der Waals surface area contributed by atoms with E-state index in [1.165, 1.54) is 46.9 Å². The molecular weight excluding hydrogens is 457 g/mol. The third-order valence-electron chi connectivity index (χ3n) is 4.93. The Balaban J connectivity index is 1.36. The maximum Gasteiger partial charge on any atom is 0.258 e. The number of amides is 2. The Hall–Kier alpha value is -3.23. The zero-order valence-electron chi connectivity index (χ0n) is 18.1. The van der Waals surface area contributed by atoms with Crippen LogP contribution in [0.15, 0.2) is 71.1 Å². The van der Waals surface area contributed by atoms with Crippen LogP contribution >= 0.6 is 23.1 Å². The summed E-state index contributed by atoms with van der Waals surface area (Å²) < 4.78 is 15.5. The number of thiazole rings is 1. The molecule has 0 saturated heterocycles. The van der Waals surface area contributed by atoms with Gasteiger partial charge in [0, 0.05) is 11.4 Å². The topological polar surface area (TPSA) is 71.1 Å². The van der Waals surface area contributed by atoms with Gasteiger partial charge >= 0.3 is 0 Å². The van der Waals surface area contributed by atoms with Gasteiger partial charge in [0.2, 0.25) is 5.91 Å². The van der Waals surface area contributed by atoms with Crippen LogP contribution in [0.3, 0.4) is 0 Å². The maximum absolute atomic E-state index is 13.8. The van der Waals surface area contributed by atoms with Gasteiger partial charge in [-0.25, -0.2) is 9.37 Å². The van der Waals surface area contributed by atoms with E-state index in [2.05, 4.69) is 29.5 Å². The van der Waals surface area contributed by atoms with E-state index in [1.807, 2.05) is 24.3 Å². The number of nitrogens with one attached hydrogen (secondary N) is 2. The summed E-state index contributed by atoms with van der Waals surface area (Å²) in [5, 5.41) is 5.62. The predicted octanol–water partition coefficient (Wildman–Crippen LogP) is 6.54. The average molecular weight is 480 g/mol. The molecule has 0 radical (unpaired) electrons. The van der Waals surface area contributed by atoms with Gasteiger partial charge in [0.1, 0.15) is 5.82 Å². The van der Waals surface area contributed by atoms with Crippen LogP contribution < -0.4 is 10.6 Å². The highest BCUT2D eigenvalue weighted by atomic mass is 32.2. The SMILES string of the molecule is CC(C)c1ccc(NC(=O)CSc2nc3ccc(NC(=O)c4ccccc4F)cc3s2)cc1. The number of hydrogen-bond donors (Lipinski definition) is 2. The fourth-order valence-corrected chi connectivity index (χ4v) is 5.07. The van der Waals surface area contributed by atoms with Crippen molar-refractivity contribution in [2.45, 2.75) is 24.1 Å². The number of thioether (sulfide) groups is 1. The summed E-state index contributed by atoms with van der Waals surface area (Å²) in [7, 11) is 0. The van der Waals surface area contributed by atoms with Gasteiger partial charge in [0.05, 0.1) is 21.5 Å². The zero-order chi connectivity index (χ0) is 23.4. The number of halogens is 1. The fraction of sp³-hybridized carbons (Fsp3) is 0.160. The summed E-state index contributed by atoms with van der Waals surface area (Å²) in [6, 6.07) is 19.0. The van der Waals surface area contributed by atoms with Gasteiger partial charge in [-0.3, -0.25) is 9.59 Å². The van der Waals surface area contributed by atoms with E-state index in [0.29, 0.717) is 11.6 Å². The van der Waals surface area contributed by atoms with Crippen molar-refractivity contribution < 1.29 is 14.0 Å². The highest BCUT2D eigenvalue weighted by Crippen LogP contribution is 2.31. The second-order valence-corrected chi connectivity index (χ2v) is 9.96. The highest BCUT2D eigenvalue weighted by molar-refractivity contribution is 8.01. The quantitative estimate of drug-likeness (QED) is 0.295. The first-order valence-corrected chi connectivity index (χ1v) is 12.2. The first-order valence-electron chi connectivity index (χ1n) is 10.4. The van der Waals surface area contributed by atoms with Gasteiger partial charge < -0.3 is 10.6 Å². The molecule has 0 spiro atoms. The molecule has 8 heteroatoms. The molecule has 0 aliphatic heterocycles. The molecule has 3 aromatic carbocycles. The van der Waals surface area contributed by atoms with Gasteiger partial charge in [-0.15, -0.1) is 11.3 Å². The lowest BCUT2D eigenvalue weighted by molar-refractivity contribution is -0.113. The molecule has 0 unspecified atom stereocenters. The lowest BCUT2D eigenvalue weighted by atomic mass is 10.0. The number of benzene rings is 3. The van der Waals surface area contributed by atoms with Crippen LogP contribution in [0.4, 0.5) is 15.8 Å². The number of carbonyl (C=O) groups excluding carboxylic acids is 2. The van der Waals surface area contributed by atoms with Crippen molar-refractivity contribution in [1.82, 2.24) is 4.98 Å². The van der Waals surface area contributed by atoms with Crippen molar-refractivity contribution in [1.29, 1.82) is 0 Å². The molecule has 1 heterocycles. The van der Waals surface area contributed by atoms with E-state index in [4.69, 9.17) is 0 Å². The van der Waals surface area contributed by atoms with Crippen LogP contribution in [0.2, 0.25) is 0 Å². The van der Waals surface area contributed by atoms with E-state index in [9.17, 15) is 14.0 Å². The van der Waals surface area contributed by atoms with Crippen molar-refractivity contribution in [3.05, 3.63) is 83.7 Å². The van der Waals surface area contributed by atoms with Gasteiger partial charge in [-0.1, -0.05) is 49.9 Å². The largest absolute Gasteiger partial charge is 0.325 e.